The number of benzene rings is 1. The Balaban J connectivity index is 2.02. The number of anilines is 1. The molecule has 1 N–H and O–H groups in total. The predicted octanol–water partition coefficient (Wildman–Crippen LogP) is 1.12. The Bertz CT molecular complexity index is 680. The molecule has 0 fully saturated rings. The fraction of sp³-hybridized carbons (Fsp3) is 0.333. The van der Waals surface area contributed by atoms with Gasteiger partial charge in [-0.3, -0.25) is 4.79 Å². The normalized spacial score (nSPS) is 18.1. The molecule has 3 rings (SSSR count). The van der Waals surface area contributed by atoms with E-state index >= 15 is 0 Å². The molecule has 110 valence electrons. The first-order chi connectivity index (χ1) is 10.1. The molecule has 1 amide bonds. The monoisotopic (exact) mass is 286 g/mol. The van der Waals surface area contributed by atoms with Crippen LogP contribution in [-0.2, 0) is 4.79 Å². The maximum absolute atomic E-state index is 12.4. The molecule has 0 aliphatic carbocycles. The van der Waals surface area contributed by atoms with Gasteiger partial charge in [-0.05, 0) is 37.7 Å². The van der Waals surface area contributed by atoms with Gasteiger partial charge in [-0.15, -0.1) is 0 Å². The summed E-state index contributed by atoms with van der Waals surface area (Å²) in [5, 5.41) is 7.27. The van der Waals surface area contributed by atoms with Crippen LogP contribution in [0.15, 0.2) is 30.6 Å². The SMILES string of the molecule is CN[C@H]1COc2ccc(-n3cc(C)cn3)cc2N(C)C1=O. The van der Waals surface area contributed by atoms with Crippen molar-refractivity contribution in [2.75, 3.05) is 25.6 Å². The van der Waals surface area contributed by atoms with E-state index < -0.39 is 0 Å². The Labute approximate surface area is 123 Å². The van der Waals surface area contributed by atoms with Gasteiger partial charge in [0.15, 0.2) is 0 Å². The van der Waals surface area contributed by atoms with Crippen molar-refractivity contribution >= 4 is 11.6 Å². The molecule has 1 atom stereocenters. The van der Waals surface area contributed by atoms with E-state index in [0.29, 0.717) is 12.4 Å². The number of fused-ring (bicyclic) bond motifs is 1. The lowest BCUT2D eigenvalue weighted by molar-refractivity contribution is -0.120. The van der Waals surface area contributed by atoms with Crippen LogP contribution in [0.1, 0.15) is 5.56 Å². The van der Waals surface area contributed by atoms with Crippen molar-refractivity contribution in [2.24, 2.45) is 0 Å². The zero-order valence-electron chi connectivity index (χ0n) is 12.3. The summed E-state index contributed by atoms with van der Waals surface area (Å²) in [6.45, 7) is 2.32. The number of hydrogen-bond donors (Lipinski definition) is 1. The second-order valence-corrected chi connectivity index (χ2v) is 5.16. The summed E-state index contributed by atoms with van der Waals surface area (Å²) in [7, 11) is 3.52. The molecule has 0 spiro atoms. The third kappa shape index (κ3) is 2.38. The summed E-state index contributed by atoms with van der Waals surface area (Å²) in [5.41, 5.74) is 2.73. The van der Waals surface area contributed by atoms with Crippen molar-refractivity contribution in [1.29, 1.82) is 0 Å². The molecular formula is C15H18N4O2. The van der Waals surface area contributed by atoms with Crippen molar-refractivity contribution in [3.05, 3.63) is 36.2 Å². The molecule has 6 heteroatoms. The molecule has 0 saturated carbocycles. The molecule has 2 heterocycles. The zero-order chi connectivity index (χ0) is 15.0. The van der Waals surface area contributed by atoms with E-state index in [2.05, 4.69) is 10.4 Å². The maximum atomic E-state index is 12.4. The molecule has 6 nitrogen and oxygen atoms in total. The number of aromatic nitrogens is 2. The highest BCUT2D eigenvalue weighted by atomic mass is 16.5. The van der Waals surface area contributed by atoms with Gasteiger partial charge in [0.25, 0.3) is 0 Å². The van der Waals surface area contributed by atoms with Gasteiger partial charge in [-0.25, -0.2) is 4.68 Å². The van der Waals surface area contributed by atoms with Gasteiger partial charge in [0, 0.05) is 13.2 Å². The fourth-order valence-electron chi connectivity index (χ4n) is 2.39. The highest BCUT2D eigenvalue weighted by Crippen LogP contribution is 2.32. The van der Waals surface area contributed by atoms with E-state index in [4.69, 9.17) is 4.74 Å². The topological polar surface area (TPSA) is 59.4 Å². The lowest BCUT2D eigenvalue weighted by Gasteiger charge is -2.19. The van der Waals surface area contributed by atoms with Gasteiger partial charge in [0.05, 0.1) is 17.6 Å². The molecule has 1 aromatic carbocycles. The zero-order valence-corrected chi connectivity index (χ0v) is 12.3. The highest BCUT2D eigenvalue weighted by molar-refractivity contribution is 5.99. The second kappa shape index (κ2) is 5.21. The minimum Gasteiger partial charge on any atom is -0.489 e. The largest absolute Gasteiger partial charge is 0.489 e. The third-order valence-corrected chi connectivity index (χ3v) is 3.66. The Morgan fingerprint density at radius 1 is 1.43 bits per heavy atom. The van der Waals surface area contributed by atoms with E-state index in [1.54, 1.807) is 29.9 Å². The van der Waals surface area contributed by atoms with Gasteiger partial charge in [-0.1, -0.05) is 0 Å². The maximum Gasteiger partial charge on any atom is 0.247 e. The van der Waals surface area contributed by atoms with Crippen LogP contribution in [0.3, 0.4) is 0 Å². The molecule has 1 aromatic heterocycles. The number of hydrogen-bond acceptors (Lipinski definition) is 4. The van der Waals surface area contributed by atoms with Gasteiger partial charge >= 0.3 is 0 Å². The average Bonchev–Trinajstić information content (AvgIpc) is 2.88. The minimum atomic E-state index is -0.335. The molecule has 1 aliphatic rings. The van der Waals surface area contributed by atoms with Crippen molar-refractivity contribution in [3.8, 4) is 11.4 Å². The summed E-state index contributed by atoms with van der Waals surface area (Å²) in [6.07, 6.45) is 3.74. The predicted molar refractivity (Wildman–Crippen MR) is 80.1 cm³/mol. The van der Waals surface area contributed by atoms with Gasteiger partial charge in [0.2, 0.25) is 5.91 Å². The molecule has 1 aliphatic heterocycles. The Morgan fingerprint density at radius 2 is 2.24 bits per heavy atom. The summed E-state index contributed by atoms with van der Waals surface area (Å²) in [4.78, 5) is 14.0. The average molecular weight is 286 g/mol. The molecule has 0 radical (unpaired) electrons. The van der Waals surface area contributed by atoms with Crippen LogP contribution < -0.4 is 15.0 Å². The molecule has 21 heavy (non-hydrogen) atoms. The van der Waals surface area contributed by atoms with Crippen LogP contribution in [0.5, 0.6) is 5.75 Å². The third-order valence-electron chi connectivity index (χ3n) is 3.66. The first kappa shape index (κ1) is 13.6. The van der Waals surface area contributed by atoms with Crippen molar-refractivity contribution in [1.82, 2.24) is 15.1 Å². The van der Waals surface area contributed by atoms with Crippen LogP contribution in [0.4, 0.5) is 5.69 Å². The van der Waals surface area contributed by atoms with Crippen LogP contribution in [-0.4, -0.2) is 42.4 Å². The van der Waals surface area contributed by atoms with Crippen molar-refractivity contribution in [2.45, 2.75) is 13.0 Å². The van der Waals surface area contributed by atoms with E-state index in [0.717, 1.165) is 16.9 Å². The number of carbonyl (C=O) groups excluding carboxylic acids is 1. The van der Waals surface area contributed by atoms with E-state index in [1.165, 1.54) is 0 Å². The van der Waals surface area contributed by atoms with Crippen LogP contribution in [0.2, 0.25) is 0 Å². The summed E-state index contributed by atoms with van der Waals surface area (Å²) < 4.78 is 7.52. The molecule has 0 bridgehead atoms. The van der Waals surface area contributed by atoms with Gasteiger partial charge in [0.1, 0.15) is 18.4 Å². The smallest absolute Gasteiger partial charge is 0.247 e. The molecule has 0 unspecified atom stereocenters. The number of aryl methyl sites for hydroxylation is 1. The lowest BCUT2D eigenvalue weighted by atomic mass is 10.2. The number of amides is 1. The number of nitrogens with one attached hydrogen (secondary N) is 1. The Hall–Kier alpha value is -2.34. The molecule has 0 saturated heterocycles. The first-order valence-corrected chi connectivity index (χ1v) is 6.83. The number of nitrogens with zero attached hydrogens (tertiary/aromatic N) is 3. The van der Waals surface area contributed by atoms with E-state index in [-0.39, 0.29) is 11.9 Å². The summed E-state index contributed by atoms with van der Waals surface area (Å²) in [5.74, 6) is 0.696. The molecular weight excluding hydrogens is 268 g/mol. The number of carbonyl (C=O) groups is 1. The minimum absolute atomic E-state index is 0.00922. The van der Waals surface area contributed by atoms with Gasteiger partial charge < -0.3 is 15.0 Å². The van der Waals surface area contributed by atoms with Gasteiger partial charge in [-0.2, -0.15) is 5.10 Å². The summed E-state index contributed by atoms with van der Waals surface area (Å²) >= 11 is 0. The van der Waals surface area contributed by atoms with E-state index in [9.17, 15) is 4.79 Å². The molecule has 2 aromatic rings. The van der Waals surface area contributed by atoms with E-state index in [1.807, 2.05) is 31.3 Å². The van der Waals surface area contributed by atoms with Crippen LogP contribution in [0.25, 0.3) is 5.69 Å². The fourth-order valence-corrected chi connectivity index (χ4v) is 2.39. The summed E-state index contributed by atoms with van der Waals surface area (Å²) in [6, 6.07) is 5.39. The number of rotatable bonds is 2. The Kier molecular flexibility index (Phi) is 3.39. The van der Waals surface area contributed by atoms with Crippen LogP contribution in [0, 0.1) is 6.92 Å². The van der Waals surface area contributed by atoms with Crippen molar-refractivity contribution < 1.29 is 9.53 Å². The second-order valence-electron chi connectivity index (χ2n) is 5.16. The first-order valence-electron chi connectivity index (χ1n) is 6.83. The number of likely N-dealkylation sites (N-methyl/N-ethyl adjacent to an activating group) is 2. The lowest BCUT2D eigenvalue weighted by Crippen LogP contribution is -2.45. The highest BCUT2D eigenvalue weighted by Gasteiger charge is 2.28. The standard InChI is InChI=1S/C15H18N4O2/c1-10-7-17-19(8-10)11-4-5-14-13(6-11)18(3)15(20)12(16-2)9-21-14/h4-8,12,16H,9H2,1-3H3/t12-/m0/s1. The van der Waals surface area contributed by atoms with Crippen molar-refractivity contribution in [3.63, 3.8) is 0 Å². The quantitative estimate of drug-likeness (QED) is 0.899. The number of ether oxygens (including phenoxy) is 1. The Morgan fingerprint density at radius 3 is 2.90 bits per heavy atom. The van der Waals surface area contributed by atoms with Crippen LogP contribution >= 0.6 is 0 Å².